The van der Waals surface area contributed by atoms with Crippen molar-refractivity contribution in [2.45, 2.75) is 16.7 Å². The minimum absolute atomic E-state index is 0.103. The Balaban J connectivity index is 2.12. The van der Waals surface area contributed by atoms with Gasteiger partial charge in [0.25, 0.3) is 10.0 Å². The second-order valence-corrected chi connectivity index (χ2v) is 7.27. The first-order valence-corrected chi connectivity index (χ1v) is 9.86. The van der Waals surface area contributed by atoms with Crippen LogP contribution in [0.2, 0.25) is 0 Å². The quantitative estimate of drug-likeness (QED) is 0.760. The highest BCUT2D eigenvalue weighted by atomic mass is 32.2. The lowest BCUT2D eigenvalue weighted by atomic mass is 10.3. The SMILES string of the molecule is CCOC(=O)Nc1ccc(S(=O)(=O)Nc2cccc(SC)c2)cc1. The molecule has 0 aromatic heterocycles. The van der Waals surface area contributed by atoms with Crippen LogP contribution in [0.4, 0.5) is 16.2 Å². The number of amides is 1. The van der Waals surface area contributed by atoms with Crippen LogP contribution in [0.3, 0.4) is 0 Å². The standard InChI is InChI=1S/C16H18N2O4S2/c1-3-22-16(19)17-12-7-9-15(10-8-12)24(20,21)18-13-5-4-6-14(11-13)23-2/h4-11,18H,3H2,1-2H3,(H,17,19). The highest BCUT2D eigenvalue weighted by Gasteiger charge is 2.14. The monoisotopic (exact) mass is 366 g/mol. The van der Waals surface area contributed by atoms with Crippen LogP contribution >= 0.6 is 11.8 Å². The van der Waals surface area contributed by atoms with Crippen molar-refractivity contribution >= 4 is 39.3 Å². The van der Waals surface area contributed by atoms with Gasteiger partial charge in [0.1, 0.15) is 0 Å². The van der Waals surface area contributed by atoms with Gasteiger partial charge in [-0.15, -0.1) is 11.8 Å². The number of carbonyl (C=O) groups excluding carboxylic acids is 1. The van der Waals surface area contributed by atoms with Crippen LogP contribution in [0, 0.1) is 0 Å². The predicted octanol–water partition coefficient (Wildman–Crippen LogP) is 3.78. The van der Waals surface area contributed by atoms with Crippen molar-refractivity contribution < 1.29 is 17.9 Å². The molecule has 0 aliphatic rings. The normalized spacial score (nSPS) is 10.9. The van der Waals surface area contributed by atoms with Crippen LogP contribution in [-0.2, 0) is 14.8 Å². The van der Waals surface area contributed by atoms with Crippen molar-refractivity contribution in [3.8, 4) is 0 Å². The third-order valence-corrected chi connectivity index (χ3v) is 5.13. The molecular weight excluding hydrogens is 348 g/mol. The third-order valence-electron chi connectivity index (χ3n) is 3.01. The minimum Gasteiger partial charge on any atom is -0.450 e. The van der Waals surface area contributed by atoms with E-state index >= 15 is 0 Å². The molecular formula is C16H18N2O4S2. The van der Waals surface area contributed by atoms with Gasteiger partial charge < -0.3 is 4.74 Å². The van der Waals surface area contributed by atoms with E-state index < -0.39 is 16.1 Å². The van der Waals surface area contributed by atoms with E-state index in [-0.39, 0.29) is 11.5 Å². The van der Waals surface area contributed by atoms with Gasteiger partial charge in [0, 0.05) is 16.3 Å². The Hall–Kier alpha value is -2.19. The number of sulfonamides is 1. The molecule has 0 heterocycles. The topological polar surface area (TPSA) is 84.5 Å². The molecule has 0 saturated heterocycles. The van der Waals surface area contributed by atoms with E-state index in [9.17, 15) is 13.2 Å². The second kappa shape index (κ2) is 8.07. The van der Waals surface area contributed by atoms with Crippen LogP contribution in [0.15, 0.2) is 58.3 Å². The van der Waals surface area contributed by atoms with E-state index in [0.717, 1.165) is 4.90 Å². The van der Waals surface area contributed by atoms with Gasteiger partial charge in [0.2, 0.25) is 0 Å². The summed E-state index contributed by atoms with van der Waals surface area (Å²) in [5.41, 5.74) is 0.951. The fraction of sp³-hybridized carbons (Fsp3) is 0.188. The summed E-state index contributed by atoms with van der Waals surface area (Å²) in [5, 5.41) is 2.51. The van der Waals surface area contributed by atoms with Crippen LogP contribution in [0.25, 0.3) is 0 Å². The van der Waals surface area contributed by atoms with E-state index in [1.54, 1.807) is 25.1 Å². The Bertz CT molecular complexity index is 805. The van der Waals surface area contributed by atoms with Crippen LogP contribution < -0.4 is 10.0 Å². The van der Waals surface area contributed by atoms with Crippen molar-refractivity contribution in [2.75, 3.05) is 22.9 Å². The molecule has 0 unspecified atom stereocenters. The largest absolute Gasteiger partial charge is 0.450 e. The molecule has 2 aromatic carbocycles. The Morgan fingerprint density at radius 2 is 1.83 bits per heavy atom. The number of nitrogens with one attached hydrogen (secondary N) is 2. The Morgan fingerprint density at radius 3 is 2.46 bits per heavy atom. The predicted molar refractivity (Wildman–Crippen MR) is 96.1 cm³/mol. The molecule has 0 fully saturated rings. The van der Waals surface area contributed by atoms with Crippen molar-refractivity contribution in [1.82, 2.24) is 0 Å². The lowest BCUT2D eigenvalue weighted by Gasteiger charge is -2.10. The molecule has 1 amide bonds. The zero-order valence-electron chi connectivity index (χ0n) is 13.3. The average Bonchev–Trinajstić information content (AvgIpc) is 2.55. The molecule has 0 aliphatic carbocycles. The lowest BCUT2D eigenvalue weighted by molar-refractivity contribution is 0.168. The fourth-order valence-electron chi connectivity index (χ4n) is 1.90. The number of benzene rings is 2. The van der Waals surface area contributed by atoms with Gasteiger partial charge in [-0.05, 0) is 55.6 Å². The summed E-state index contributed by atoms with van der Waals surface area (Å²) in [6.07, 6.45) is 1.34. The molecule has 0 saturated carbocycles. The molecule has 2 rings (SSSR count). The number of rotatable bonds is 6. The van der Waals surface area contributed by atoms with Crippen molar-refractivity contribution in [2.24, 2.45) is 0 Å². The van der Waals surface area contributed by atoms with Gasteiger partial charge in [0.05, 0.1) is 11.5 Å². The van der Waals surface area contributed by atoms with E-state index in [0.29, 0.717) is 11.4 Å². The summed E-state index contributed by atoms with van der Waals surface area (Å²) in [4.78, 5) is 12.4. The number of anilines is 2. The van der Waals surface area contributed by atoms with Crippen molar-refractivity contribution in [3.05, 3.63) is 48.5 Å². The summed E-state index contributed by atoms with van der Waals surface area (Å²) in [5.74, 6) is 0. The first-order valence-electron chi connectivity index (χ1n) is 7.15. The molecule has 6 nitrogen and oxygen atoms in total. The van der Waals surface area contributed by atoms with Gasteiger partial charge in [-0.1, -0.05) is 6.07 Å². The molecule has 0 aliphatic heterocycles. The molecule has 0 radical (unpaired) electrons. The Kier molecular flexibility index (Phi) is 6.10. The highest BCUT2D eigenvalue weighted by molar-refractivity contribution is 7.98. The zero-order chi connectivity index (χ0) is 17.6. The van der Waals surface area contributed by atoms with Crippen LogP contribution in [0.1, 0.15) is 6.92 Å². The number of hydrogen-bond donors (Lipinski definition) is 2. The van der Waals surface area contributed by atoms with Gasteiger partial charge in [0.15, 0.2) is 0 Å². The van der Waals surface area contributed by atoms with Gasteiger partial charge in [-0.2, -0.15) is 0 Å². The molecule has 24 heavy (non-hydrogen) atoms. The molecule has 2 N–H and O–H groups in total. The molecule has 0 bridgehead atoms. The van der Waals surface area contributed by atoms with Crippen LogP contribution in [-0.4, -0.2) is 27.4 Å². The smallest absolute Gasteiger partial charge is 0.411 e. The van der Waals surface area contributed by atoms with E-state index in [1.165, 1.54) is 36.0 Å². The van der Waals surface area contributed by atoms with Crippen molar-refractivity contribution in [1.29, 1.82) is 0 Å². The lowest BCUT2D eigenvalue weighted by Crippen LogP contribution is -2.14. The Morgan fingerprint density at radius 1 is 1.12 bits per heavy atom. The Labute approximate surface area is 145 Å². The summed E-state index contributed by atoms with van der Waals surface area (Å²) in [6, 6.07) is 13.0. The summed E-state index contributed by atoms with van der Waals surface area (Å²) in [7, 11) is -3.70. The van der Waals surface area contributed by atoms with Gasteiger partial charge in [-0.25, -0.2) is 13.2 Å². The number of thioether (sulfide) groups is 1. The summed E-state index contributed by atoms with van der Waals surface area (Å²) < 4.78 is 32.1. The molecule has 2 aromatic rings. The fourth-order valence-corrected chi connectivity index (χ4v) is 3.41. The second-order valence-electron chi connectivity index (χ2n) is 4.71. The maximum Gasteiger partial charge on any atom is 0.411 e. The molecule has 8 heteroatoms. The zero-order valence-corrected chi connectivity index (χ0v) is 14.9. The first kappa shape index (κ1) is 18.2. The van der Waals surface area contributed by atoms with E-state index in [1.807, 2.05) is 12.3 Å². The third kappa shape index (κ3) is 4.90. The maximum absolute atomic E-state index is 12.4. The minimum atomic E-state index is -3.70. The van der Waals surface area contributed by atoms with E-state index in [2.05, 4.69) is 10.0 Å². The summed E-state index contributed by atoms with van der Waals surface area (Å²) in [6.45, 7) is 1.96. The number of hydrogen-bond acceptors (Lipinski definition) is 5. The molecule has 0 spiro atoms. The average molecular weight is 366 g/mol. The summed E-state index contributed by atoms with van der Waals surface area (Å²) >= 11 is 1.53. The number of carbonyl (C=O) groups is 1. The number of ether oxygens (including phenoxy) is 1. The van der Waals surface area contributed by atoms with Crippen molar-refractivity contribution in [3.63, 3.8) is 0 Å². The molecule has 0 atom stereocenters. The van der Waals surface area contributed by atoms with Gasteiger partial charge in [-0.3, -0.25) is 10.0 Å². The first-order chi connectivity index (χ1) is 11.4. The highest BCUT2D eigenvalue weighted by Crippen LogP contribution is 2.22. The molecule has 128 valence electrons. The van der Waals surface area contributed by atoms with Gasteiger partial charge >= 0.3 is 6.09 Å². The van der Waals surface area contributed by atoms with E-state index in [4.69, 9.17) is 4.74 Å². The maximum atomic E-state index is 12.4. The van der Waals surface area contributed by atoms with Crippen LogP contribution in [0.5, 0.6) is 0 Å².